The Morgan fingerprint density at radius 1 is 0.938 bits per heavy atom. The zero-order valence-electron chi connectivity index (χ0n) is 10.2. The van der Waals surface area contributed by atoms with E-state index in [1.54, 1.807) is 0 Å². The quantitative estimate of drug-likeness (QED) is 0.468. The van der Waals surface area contributed by atoms with Gasteiger partial charge >= 0.3 is 0 Å². The van der Waals surface area contributed by atoms with Gasteiger partial charge in [0.05, 0.1) is 6.61 Å². The molecule has 0 atom stereocenters. The Labute approximate surface area is 98.6 Å². The Kier molecular flexibility index (Phi) is 7.74. The molecule has 0 aliphatic rings. The summed E-state index contributed by atoms with van der Waals surface area (Å²) >= 11 is 0. The molecule has 0 bridgehead atoms. The van der Waals surface area contributed by atoms with Crippen LogP contribution in [-0.2, 0) is 16.1 Å². The first-order valence-corrected chi connectivity index (χ1v) is 6.13. The van der Waals surface area contributed by atoms with Crippen molar-refractivity contribution in [2.45, 2.75) is 39.2 Å². The summed E-state index contributed by atoms with van der Waals surface area (Å²) in [6, 6.07) is 10.2. The Morgan fingerprint density at radius 3 is 2.50 bits per heavy atom. The molecule has 0 aliphatic carbocycles. The van der Waals surface area contributed by atoms with Crippen LogP contribution in [0, 0.1) is 0 Å². The summed E-state index contributed by atoms with van der Waals surface area (Å²) in [5.74, 6) is 0. The van der Waals surface area contributed by atoms with E-state index in [4.69, 9.17) is 9.47 Å². The summed E-state index contributed by atoms with van der Waals surface area (Å²) in [7, 11) is 0. The maximum absolute atomic E-state index is 5.40. The van der Waals surface area contributed by atoms with E-state index in [-0.39, 0.29) is 0 Å². The van der Waals surface area contributed by atoms with Gasteiger partial charge in [0.2, 0.25) is 0 Å². The van der Waals surface area contributed by atoms with E-state index in [9.17, 15) is 0 Å². The summed E-state index contributed by atoms with van der Waals surface area (Å²) in [5, 5.41) is 0. The van der Waals surface area contributed by atoms with Gasteiger partial charge in [-0.1, -0.05) is 56.5 Å². The van der Waals surface area contributed by atoms with Crippen LogP contribution in [-0.4, -0.2) is 13.4 Å². The Bertz CT molecular complexity index is 246. The first-order chi connectivity index (χ1) is 7.93. The number of hydrogen-bond donors (Lipinski definition) is 0. The molecule has 1 aromatic carbocycles. The summed E-state index contributed by atoms with van der Waals surface area (Å²) < 4.78 is 10.8. The van der Waals surface area contributed by atoms with Crippen molar-refractivity contribution in [1.82, 2.24) is 0 Å². The molecule has 0 saturated carbocycles. The van der Waals surface area contributed by atoms with E-state index in [0.717, 1.165) is 13.0 Å². The summed E-state index contributed by atoms with van der Waals surface area (Å²) in [6.45, 7) is 4.06. The van der Waals surface area contributed by atoms with Gasteiger partial charge in [-0.2, -0.15) is 0 Å². The fourth-order valence-corrected chi connectivity index (χ4v) is 1.48. The fraction of sp³-hybridized carbons (Fsp3) is 0.571. The lowest BCUT2D eigenvalue weighted by Crippen LogP contribution is -2.01. The molecule has 2 heteroatoms. The summed E-state index contributed by atoms with van der Waals surface area (Å²) in [5.41, 5.74) is 1.19. The largest absolute Gasteiger partial charge is 0.355 e. The van der Waals surface area contributed by atoms with E-state index >= 15 is 0 Å². The van der Waals surface area contributed by atoms with E-state index in [1.807, 2.05) is 18.2 Å². The number of unbranched alkanes of at least 4 members (excludes halogenated alkanes) is 3. The van der Waals surface area contributed by atoms with Gasteiger partial charge in [0, 0.05) is 6.61 Å². The van der Waals surface area contributed by atoms with Gasteiger partial charge in [0.1, 0.15) is 6.79 Å². The highest BCUT2D eigenvalue weighted by molar-refractivity contribution is 5.13. The van der Waals surface area contributed by atoms with Gasteiger partial charge in [-0.25, -0.2) is 0 Å². The maximum atomic E-state index is 5.40. The van der Waals surface area contributed by atoms with Crippen molar-refractivity contribution in [3.05, 3.63) is 35.9 Å². The monoisotopic (exact) mass is 222 g/mol. The highest BCUT2D eigenvalue weighted by atomic mass is 16.7. The minimum absolute atomic E-state index is 0.404. The van der Waals surface area contributed by atoms with Gasteiger partial charge in [0.15, 0.2) is 0 Å². The van der Waals surface area contributed by atoms with Crippen molar-refractivity contribution in [3.63, 3.8) is 0 Å². The van der Waals surface area contributed by atoms with Crippen molar-refractivity contribution < 1.29 is 9.47 Å². The molecule has 0 N–H and O–H groups in total. The van der Waals surface area contributed by atoms with Crippen molar-refractivity contribution in [2.75, 3.05) is 13.4 Å². The average Bonchev–Trinajstić information content (AvgIpc) is 2.34. The van der Waals surface area contributed by atoms with Crippen LogP contribution in [0.4, 0.5) is 0 Å². The van der Waals surface area contributed by atoms with E-state index in [2.05, 4.69) is 19.1 Å². The summed E-state index contributed by atoms with van der Waals surface area (Å²) in [6.07, 6.45) is 4.97. The number of rotatable bonds is 9. The minimum Gasteiger partial charge on any atom is -0.355 e. The van der Waals surface area contributed by atoms with E-state index < -0.39 is 0 Å². The average molecular weight is 222 g/mol. The third-order valence-electron chi connectivity index (χ3n) is 2.42. The van der Waals surface area contributed by atoms with Crippen LogP contribution in [0.15, 0.2) is 30.3 Å². The van der Waals surface area contributed by atoms with Gasteiger partial charge in [-0.15, -0.1) is 0 Å². The molecular weight excluding hydrogens is 200 g/mol. The zero-order chi connectivity index (χ0) is 11.5. The second-order valence-corrected chi connectivity index (χ2v) is 3.92. The molecule has 0 spiro atoms. The van der Waals surface area contributed by atoms with Crippen molar-refractivity contribution in [3.8, 4) is 0 Å². The standard InChI is InChI=1S/C14H22O2/c1-2-3-4-8-11-15-13-16-12-14-9-6-5-7-10-14/h5-7,9-10H,2-4,8,11-13H2,1H3. The highest BCUT2D eigenvalue weighted by Crippen LogP contribution is 2.01. The molecule has 1 rings (SSSR count). The third-order valence-corrected chi connectivity index (χ3v) is 2.42. The second kappa shape index (κ2) is 9.37. The van der Waals surface area contributed by atoms with E-state index in [0.29, 0.717) is 13.4 Å². The normalized spacial score (nSPS) is 10.6. The van der Waals surface area contributed by atoms with Crippen molar-refractivity contribution >= 4 is 0 Å². The van der Waals surface area contributed by atoms with Crippen LogP contribution in [0.1, 0.15) is 38.2 Å². The molecule has 0 aromatic heterocycles. The molecule has 0 unspecified atom stereocenters. The predicted molar refractivity (Wildman–Crippen MR) is 66.2 cm³/mol. The van der Waals surface area contributed by atoms with Crippen LogP contribution in [0.3, 0.4) is 0 Å². The van der Waals surface area contributed by atoms with Crippen LogP contribution in [0.5, 0.6) is 0 Å². The van der Waals surface area contributed by atoms with Gasteiger partial charge in [0.25, 0.3) is 0 Å². The van der Waals surface area contributed by atoms with Crippen LogP contribution < -0.4 is 0 Å². The molecule has 0 heterocycles. The summed E-state index contributed by atoms with van der Waals surface area (Å²) in [4.78, 5) is 0. The molecule has 0 radical (unpaired) electrons. The molecule has 16 heavy (non-hydrogen) atoms. The lowest BCUT2D eigenvalue weighted by atomic mass is 10.2. The van der Waals surface area contributed by atoms with Crippen LogP contribution in [0.25, 0.3) is 0 Å². The Balaban J connectivity index is 1.89. The number of benzene rings is 1. The molecule has 0 fully saturated rings. The first kappa shape index (κ1) is 13.2. The number of ether oxygens (including phenoxy) is 2. The minimum atomic E-state index is 0.404. The SMILES string of the molecule is CCCCCCOCOCc1ccccc1. The van der Waals surface area contributed by atoms with Crippen molar-refractivity contribution in [2.24, 2.45) is 0 Å². The third kappa shape index (κ3) is 6.59. The Morgan fingerprint density at radius 2 is 1.75 bits per heavy atom. The van der Waals surface area contributed by atoms with Gasteiger partial charge < -0.3 is 9.47 Å². The Hall–Kier alpha value is -0.860. The smallest absolute Gasteiger partial charge is 0.147 e. The topological polar surface area (TPSA) is 18.5 Å². The van der Waals surface area contributed by atoms with Gasteiger partial charge in [-0.05, 0) is 12.0 Å². The van der Waals surface area contributed by atoms with Crippen LogP contribution in [0.2, 0.25) is 0 Å². The van der Waals surface area contributed by atoms with Crippen molar-refractivity contribution in [1.29, 1.82) is 0 Å². The van der Waals surface area contributed by atoms with Gasteiger partial charge in [-0.3, -0.25) is 0 Å². The molecule has 0 saturated heterocycles. The predicted octanol–water partition coefficient (Wildman–Crippen LogP) is 3.76. The number of hydrogen-bond acceptors (Lipinski definition) is 2. The maximum Gasteiger partial charge on any atom is 0.147 e. The fourth-order valence-electron chi connectivity index (χ4n) is 1.48. The first-order valence-electron chi connectivity index (χ1n) is 6.13. The van der Waals surface area contributed by atoms with E-state index in [1.165, 1.54) is 24.8 Å². The highest BCUT2D eigenvalue weighted by Gasteiger charge is 1.92. The lowest BCUT2D eigenvalue weighted by Gasteiger charge is -2.05. The molecule has 0 amide bonds. The molecular formula is C14H22O2. The molecule has 90 valence electrons. The lowest BCUT2D eigenvalue weighted by molar-refractivity contribution is -0.0623. The molecule has 0 aliphatic heterocycles. The molecule has 2 nitrogen and oxygen atoms in total. The zero-order valence-corrected chi connectivity index (χ0v) is 10.2. The van der Waals surface area contributed by atoms with Crippen LogP contribution >= 0.6 is 0 Å². The molecule has 1 aromatic rings. The second-order valence-electron chi connectivity index (χ2n) is 3.92.